The van der Waals surface area contributed by atoms with E-state index >= 15 is 0 Å². The number of carbonyl (C=O) groups is 1. The number of anilines is 1. The molecular weight excluding hydrogens is 493 g/mol. The number of primary amides is 1. The zero-order chi connectivity index (χ0) is 26.9. The number of aryl methyl sites for hydroxylation is 1. The van der Waals surface area contributed by atoms with Crippen LogP contribution < -0.4 is 11.1 Å². The van der Waals surface area contributed by atoms with Gasteiger partial charge >= 0.3 is 0 Å². The minimum atomic E-state index is -0.470. The van der Waals surface area contributed by atoms with Crippen LogP contribution in [0.5, 0.6) is 0 Å². The Labute approximate surface area is 226 Å². The van der Waals surface area contributed by atoms with E-state index in [2.05, 4.69) is 34.5 Å². The molecule has 1 atom stereocenters. The van der Waals surface area contributed by atoms with Crippen molar-refractivity contribution in [1.82, 2.24) is 24.1 Å². The molecule has 0 saturated carbocycles. The molecule has 1 aliphatic rings. The number of halogens is 1. The summed E-state index contributed by atoms with van der Waals surface area (Å²) < 4.78 is 17.1. The van der Waals surface area contributed by atoms with E-state index in [4.69, 9.17) is 15.8 Å². The summed E-state index contributed by atoms with van der Waals surface area (Å²) in [5, 5.41) is 9.34. The number of aromatic nitrogens is 4. The highest BCUT2D eigenvalue weighted by molar-refractivity contribution is 6.06. The van der Waals surface area contributed by atoms with E-state index in [0.29, 0.717) is 24.6 Å². The molecule has 1 aliphatic heterocycles. The van der Waals surface area contributed by atoms with Gasteiger partial charge in [0.15, 0.2) is 5.82 Å². The Bertz CT molecular complexity index is 1640. The third-order valence-corrected chi connectivity index (χ3v) is 7.65. The number of amides is 1. The summed E-state index contributed by atoms with van der Waals surface area (Å²) in [4.78, 5) is 19.3. The lowest BCUT2D eigenvalue weighted by molar-refractivity contribution is 0.100. The average Bonchev–Trinajstić information content (AvgIpc) is 3.52. The Kier molecular flexibility index (Phi) is 6.74. The van der Waals surface area contributed by atoms with Gasteiger partial charge in [-0.05, 0) is 62.2 Å². The molecule has 2 aromatic carbocycles. The van der Waals surface area contributed by atoms with Crippen molar-refractivity contribution in [2.45, 2.75) is 32.2 Å². The van der Waals surface area contributed by atoms with Crippen LogP contribution in [0.2, 0.25) is 0 Å². The fourth-order valence-electron chi connectivity index (χ4n) is 5.78. The zero-order valence-electron chi connectivity index (χ0n) is 22.0. The van der Waals surface area contributed by atoms with Gasteiger partial charge in [0.1, 0.15) is 12.2 Å². The van der Waals surface area contributed by atoms with Gasteiger partial charge in [0.05, 0.1) is 5.52 Å². The van der Waals surface area contributed by atoms with Gasteiger partial charge in [0.25, 0.3) is 5.95 Å². The first-order valence-electron chi connectivity index (χ1n) is 13.4. The second-order valence-corrected chi connectivity index (χ2v) is 10.2. The fraction of sp³-hybridized carbons (Fsp3) is 0.300. The van der Waals surface area contributed by atoms with Crippen molar-refractivity contribution in [3.8, 4) is 5.95 Å². The van der Waals surface area contributed by atoms with Gasteiger partial charge in [0.2, 0.25) is 5.91 Å². The molecule has 1 saturated heterocycles. The molecular formula is C30H32FN7O. The molecule has 9 heteroatoms. The second-order valence-electron chi connectivity index (χ2n) is 10.2. The van der Waals surface area contributed by atoms with Crippen molar-refractivity contribution < 1.29 is 9.18 Å². The summed E-state index contributed by atoms with van der Waals surface area (Å²) in [6.45, 7) is 4.43. The lowest BCUT2D eigenvalue weighted by atomic mass is 9.95. The molecule has 4 heterocycles. The number of nitrogens with two attached hydrogens (primary N) is 1. The predicted octanol–water partition coefficient (Wildman–Crippen LogP) is 4.84. The van der Waals surface area contributed by atoms with Crippen LogP contribution in [0.15, 0.2) is 66.7 Å². The second kappa shape index (κ2) is 10.5. The number of nitrogens with zero attached hydrogens (tertiary/aromatic N) is 5. The van der Waals surface area contributed by atoms with Gasteiger partial charge in [-0.25, -0.2) is 8.91 Å². The van der Waals surface area contributed by atoms with Gasteiger partial charge in [-0.3, -0.25) is 9.36 Å². The maximum absolute atomic E-state index is 13.1. The highest BCUT2D eigenvalue weighted by Gasteiger charge is 2.25. The van der Waals surface area contributed by atoms with Gasteiger partial charge in [-0.2, -0.15) is 4.98 Å². The van der Waals surface area contributed by atoms with E-state index in [1.54, 1.807) is 6.07 Å². The van der Waals surface area contributed by atoms with Gasteiger partial charge in [0, 0.05) is 47.9 Å². The summed E-state index contributed by atoms with van der Waals surface area (Å²) in [5.41, 5.74) is 11.0. The molecule has 200 valence electrons. The van der Waals surface area contributed by atoms with Crippen molar-refractivity contribution >= 4 is 28.1 Å². The molecule has 0 bridgehead atoms. The van der Waals surface area contributed by atoms with Crippen molar-refractivity contribution in [3.63, 3.8) is 0 Å². The molecule has 0 spiro atoms. The molecule has 0 aliphatic carbocycles. The molecule has 0 radical (unpaired) electrons. The summed E-state index contributed by atoms with van der Waals surface area (Å²) in [5.74, 6) is 0.989. The molecule has 6 rings (SSSR count). The number of piperidine rings is 1. The quantitative estimate of drug-likeness (QED) is 0.302. The average molecular weight is 526 g/mol. The summed E-state index contributed by atoms with van der Waals surface area (Å²) in [6, 6.07) is 21.8. The highest BCUT2D eigenvalue weighted by atomic mass is 19.1. The fourth-order valence-corrected chi connectivity index (χ4v) is 5.78. The Balaban J connectivity index is 1.49. The van der Waals surface area contributed by atoms with Gasteiger partial charge < -0.3 is 16.0 Å². The number of hydrogen-bond acceptors (Lipinski definition) is 5. The zero-order valence-corrected chi connectivity index (χ0v) is 22.0. The predicted molar refractivity (Wildman–Crippen MR) is 151 cm³/mol. The number of fused-ring (bicyclic) bond motifs is 2. The van der Waals surface area contributed by atoms with E-state index in [1.807, 2.05) is 52.4 Å². The van der Waals surface area contributed by atoms with Crippen LogP contribution in [0.4, 0.5) is 10.2 Å². The van der Waals surface area contributed by atoms with Gasteiger partial charge in [-0.1, -0.05) is 36.4 Å². The third-order valence-electron chi connectivity index (χ3n) is 7.65. The summed E-state index contributed by atoms with van der Waals surface area (Å²) in [7, 11) is 0. The highest BCUT2D eigenvalue weighted by Crippen LogP contribution is 2.31. The Hall–Kier alpha value is -4.24. The van der Waals surface area contributed by atoms with E-state index in [0.717, 1.165) is 65.1 Å². The number of alkyl halides is 1. The van der Waals surface area contributed by atoms with Crippen LogP contribution in [0.25, 0.3) is 22.4 Å². The Morgan fingerprint density at radius 3 is 2.74 bits per heavy atom. The lowest BCUT2D eigenvalue weighted by Gasteiger charge is -2.31. The van der Waals surface area contributed by atoms with E-state index in [-0.39, 0.29) is 12.6 Å². The smallest absolute Gasteiger partial charge is 0.254 e. The van der Waals surface area contributed by atoms with Crippen LogP contribution in [0.3, 0.4) is 0 Å². The van der Waals surface area contributed by atoms with Gasteiger partial charge in [-0.15, -0.1) is 5.10 Å². The van der Waals surface area contributed by atoms with Crippen molar-refractivity contribution in [2.24, 2.45) is 5.73 Å². The number of likely N-dealkylation sites (tertiary alicyclic amines) is 1. The largest absolute Gasteiger partial charge is 0.366 e. The Morgan fingerprint density at radius 1 is 1.10 bits per heavy atom. The lowest BCUT2D eigenvalue weighted by Crippen LogP contribution is -2.36. The first-order chi connectivity index (χ1) is 19.0. The maximum atomic E-state index is 13.1. The van der Waals surface area contributed by atoms with E-state index in [1.165, 1.54) is 0 Å². The topological polar surface area (TPSA) is 93.5 Å². The number of carbonyl (C=O) groups excluding carboxylic acids is 1. The minimum absolute atomic E-state index is 0.237. The molecule has 5 aromatic rings. The molecule has 3 aromatic heterocycles. The van der Waals surface area contributed by atoms with Crippen molar-refractivity contribution in [3.05, 3.63) is 89.2 Å². The third kappa shape index (κ3) is 4.74. The van der Waals surface area contributed by atoms with Crippen LogP contribution in [-0.2, 0) is 6.54 Å². The van der Waals surface area contributed by atoms with Crippen LogP contribution in [0.1, 0.15) is 46.1 Å². The van der Waals surface area contributed by atoms with Crippen LogP contribution in [-0.4, -0.2) is 56.3 Å². The molecule has 1 unspecified atom stereocenters. The monoisotopic (exact) mass is 525 g/mol. The first kappa shape index (κ1) is 25.1. The molecule has 1 fully saturated rings. The SMILES string of the molecule is Cc1cc2c(C(N)=O)cccc2n1-c1nc(NCc2ccccc2)c2ccc(C3CCCN(CCF)C3)n2n1. The standard InChI is InChI=1S/C30H32FN7O/c1-20-17-24-23(28(32)39)10-5-11-26(24)37(20)30-34-29(33-18-21-7-3-2-4-8-21)27-13-12-25(38(27)35-30)22-9-6-15-36(19-22)16-14-31/h2-5,7-8,10-13,17,22H,6,9,14-16,18-19H2,1H3,(H2,32,39)(H,33,34,35). The van der Waals surface area contributed by atoms with Crippen molar-refractivity contribution in [2.75, 3.05) is 31.6 Å². The van der Waals surface area contributed by atoms with Crippen LogP contribution in [0, 0.1) is 6.92 Å². The summed E-state index contributed by atoms with van der Waals surface area (Å²) >= 11 is 0. The molecule has 8 nitrogen and oxygen atoms in total. The molecule has 3 N–H and O–H groups in total. The van der Waals surface area contributed by atoms with E-state index in [9.17, 15) is 9.18 Å². The van der Waals surface area contributed by atoms with Crippen molar-refractivity contribution in [1.29, 1.82) is 0 Å². The number of benzene rings is 2. The molecule has 39 heavy (non-hydrogen) atoms. The number of nitrogens with one attached hydrogen (secondary N) is 1. The van der Waals surface area contributed by atoms with Crippen LogP contribution >= 0.6 is 0 Å². The molecule has 1 amide bonds. The Morgan fingerprint density at radius 2 is 1.95 bits per heavy atom. The number of hydrogen-bond donors (Lipinski definition) is 2. The number of rotatable bonds is 8. The summed E-state index contributed by atoms with van der Waals surface area (Å²) in [6.07, 6.45) is 2.04. The minimum Gasteiger partial charge on any atom is -0.366 e. The maximum Gasteiger partial charge on any atom is 0.254 e. The normalized spacial score (nSPS) is 16.2. The first-order valence-corrected chi connectivity index (χ1v) is 13.4. The van der Waals surface area contributed by atoms with E-state index < -0.39 is 5.91 Å².